The Labute approximate surface area is 305 Å². The van der Waals surface area contributed by atoms with Crippen LogP contribution in [-0.4, -0.2) is 64.8 Å². The molecule has 50 heavy (non-hydrogen) atoms. The average molecular weight is 720 g/mol. The van der Waals surface area contributed by atoms with Gasteiger partial charge in [0.15, 0.2) is 5.82 Å². The number of benzene rings is 2. The van der Waals surface area contributed by atoms with Gasteiger partial charge in [0.2, 0.25) is 5.91 Å². The van der Waals surface area contributed by atoms with Crippen molar-refractivity contribution in [1.29, 1.82) is 5.26 Å². The average Bonchev–Trinajstić information content (AvgIpc) is 3.40. The molecule has 8 nitrogen and oxygen atoms in total. The Kier molecular flexibility index (Phi) is 7.31. The third-order valence-corrected chi connectivity index (χ3v) is 12.7. The van der Waals surface area contributed by atoms with Gasteiger partial charge in [0, 0.05) is 78.2 Å². The Morgan fingerprint density at radius 3 is 2.72 bits per heavy atom. The largest absolute Gasteiger partial charge is 0.379 e. The molecular formula is C39H40Cl2FN5O3. The fourth-order valence-corrected chi connectivity index (χ4v) is 9.45. The molecular weight excluding hydrogens is 676 g/mol. The molecule has 0 radical (unpaired) electrons. The second-order valence-corrected chi connectivity index (χ2v) is 15.6. The van der Waals surface area contributed by atoms with E-state index in [0.717, 1.165) is 42.4 Å². The van der Waals surface area contributed by atoms with Gasteiger partial charge in [-0.15, -0.1) is 0 Å². The fraction of sp³-hybridized carbons (Fsp3) is 0.513. The Morgan fingerprint density at radius 1 is 1.18 bits per heavy atom. The highest BCUT2D eigenvalue weighted by molar-refractivity contribution is 6.43. The van der Waals surface area contributed by atoms with Crippen molar-refractivity contribution >= 4 is 50.9 Å². The molecule has 7 atom stereocenters. The van der Waals surface area contributed by atoms with E-state index >= 15 is 4.39 Å². The fourth-order valence-electron chi connectivity index (χ4n) is 9.06. The number of pyridine rings is 1. The highest BCUT2D eigenvalue weighted by Crippen LogP contribution is 2.51. The summed E-state index contributed by atoms with van der Waals surface area (Å²) in [5, 5.41) is 15.4. The van der Waals surface area contributed by atoms with E-state index in [1.165, 1.54) is 0 Å². The zero-order valence-corrected chi connectivity index (χ0v) is 29.2. The minimum atomic E-state index is -2.50. The molecule has 3 aliphatic carbocycles. The molecule has 1 N–H and O–H groups in total. The minimum Gasteiger partial charge on any atom is -0.379 e. The first-order valence-electron chi connectivity index (χ1n) is 19.3. The first-order chi connectivity index (χ1) is 25.4. The van der Waals surface area contributed by atoms with Crippen molar-refractivity contribution in [3.8, 4) is 17.2 Å². The standard InChI is InChI=1S/C39H40Cl2FN5O3/c1-19-25-16-30(29-15-23(50-32-11-10-31(32)49-2)18-46(29)39(48)20-8-9-20)47(37-22-14-28(37)44-17-22)38(25)26-13-21(5-4-12-43)33(35(42)36(26)45-19)24-6-3-7-27(40)34(24)41/h3,6-7,13,16,20,22-23,28-29,31-32,37,44H,4-5,8-11,14-15,17-18H2,1-2H3/t22-,23+,28-,29-,31+,32+,37+/m1/s1/i2D3. The number of hydrogen-bond acceptors (Lipinski definition) is 6. The molecule has 3 aliphatic heterocycles. The number of aryl methyl sites for hydroxylation is 2. The predicted molar refractivity (Wildman–Crippen MR) is 191 cm³/mol. The lowest BCUT2D eigenvalue weighted by molar-refractivity contribution is -0.141. The van der Waals surface area contributed by atoms with E-state index in [2.05, 4.69) is 22.0 Å². The van der Waals surface area contributed by atoms with Crippen LogP contribution in [0.3, 0.4) is 0 Å². The number of carbonyl (C=O) groups excluding carboxylic acids is 1. The van der Waals surface area contributed by atoms with E-state index in [0.29, 0.717) is 70.9 Å². The number of carbonyl (C=O) groups is 1. The number of fused-ring (bicyclic) bond motifs is 4. The molecule has 1 amide bonds. The lowest BCUT2D eigenvalue weighted by Crippen LogP contribution is -2.43. The molecule has 10 rings (SSSR count). The topological polar surface area (TPSA) is 92.4 Å². The zero-order valence-electron chi connectivity index (χ0n) is 30.7. The number of rotatable bonds is 9. The number of hydrogen-bond donors (Lipinski definition) is 1. The zero-order chi connectivity index (χ0) is 36.9. The quantitative estimate of drug-likeness (QED) is 0.190. The number of aromatic nitrogens is 2. The Hall–Kier alpha value is -3.26. The first kappa shape index (κ1) is 29.3. The van der Waals surface area contributed by atoms with Crippen molar-refractivity contribution < 1.29 is 22.8 Å². The monoisotopic (exact) mass is 718 g/mol. The van der Waals surface area contributed by atoms with Gasteiger partial charge in [-0.2, -0.15) is 5.26 Å². The van der Waals surface area contributed by atoms with Crippen LogP contribution in [0.4, 0.5) is 4.39 Å². The number of ether oxygens (including phenoxy) is 2. The number of nitrogens with zero attached hydrogens (tertiary/aromatic N) is 4. The summed E-state index contributed by atoms with van der Waals surface area (Å²) in [6.07, 6.45) is 3.97. The van der Waals surface area contributed by atoms with Crippen LogP contribution in [0, 0.1) is 35.9 Å². The van der Waals surface area contributed by atoms with E-state index < -0.39 is 19.0 Å². The van der Waals surface area contributed by atoms with Crippen molar-refractivity contribution in [3.05, 3.63) is 63.1 Å². The number of likely N-dealkylation sites (tertiary alicyclic amines) is 1. The van der Waals surface area contributed by atoms with Gasteiger partial charge in [-0.1, -0.05) is 35.3 Å². The van der Waals surface area contributed by atoms with Crippen LogP contribution < -0.4 is 5.32 Å². The third kappa shape index (κ3) is 5.09. The second kappa shape index (κ2) is 12.5. The normalized spacial score (nSPS) is 29.8. The second-order valence-electron chi connectivity index (χ2n) is 14.8. The van der Waals surface area contributed by atoms with Crippen molar-refractivity contribution in [2.45, 2.75) is 94.7 Å². The van der Waals surface area contributed by atoms with Crippen LogP contribution in [0.1, 0.15) is 78.1 Å². The van der Waals surface area contributed by atoms with Crippen molar-refractivity contribution in [2.75, 3.05) is 20.1 Å². The van der Waals surface area contributed by atoms with Crippen LogP contribution >= 0.6 is 23.2 Å². The van der Waals surface area contributed by atoms with Gasteiger partial charge in [0.1, 0.15) is 5.52 Å². The van der Waals surface area contributed by atoms with Gasteiger partial charge < -0.3 is 24.3 Å². The summed E-state index contributed by atoms with van der Waals surface area (Å²) >= 11 is 13.1. The van der Waals surface area contributed by atoms with E-state index in [-0.39, 0.29) is 59.1 Å². The first-order valence-corrected chi connectivity index (χ1v) is 18.5. The van der Waals surface area contributed by atoms with E-state index in [9.17, 15) is 10.1 Å². The van der Waals surface area contributed by atoms with Gasteiger partial charge >= 0.3 is 0 Å². The molecule has 2 bridgehead atoms. The molecule has 0 spiro atoms. The number of nitrogens with one attached hydrogen (secondary N) is 1. The Bertz CT molecular complexity index is 2190. The lowest BCUT2D eigenvalue weighted by atomic mass is 9.79. The molecule has 6 aliphatic rings. The number of amides is 1. The molecule has 4 aromatic rings. The van der Waals surface area contributed by atoms with Gasteiger partial charge in [0.25, 0.3) is 0 Å². The molecule has 6 fully saturated rings. The van der Waals surface area contributed by atoms with Crippen molar-refractivity contribution in [1.82, 2.24) is 19.8 Å². The summed E-state index contributed by atoms with van der Waals surface area (Å²) in [5.41, 5.74) is 4.13. The lowest BCUT2D eigenvalue weighted by Gasteiger charge is -2.39. The van der Waals surface area contributed by atoms with Crippen LogP contribution in [0.5, 0.6) is 0 Å². The minimum absolute atomic E-state index is 0.0104. The van der Waals surface area contributed by atoms with E-state index in [1.54, 1.807) is 18.2 Å². The molecule has 3 saturated heterocycles. The van der Waals surface area contributed by atoms with Gasteiger partial charge in [-0.25, -0.2) is 9.37 Å². The number of methoxy groups -OCH3 is 1. The summed E-state index contributed by atoms with van der Waals surface area (Å²) in [4.78, 5) is 20.9. The van der Waals surface area contributed by atoms with Crippen LogP contribution in [-0.2, 0) is 20.7 Å². The third-order valence-electron chi connectivity index (χ3n) is 11.9. The number of halogens is 3. The van der Waals surface area contributed by atoms with Crippen molar-refractivity contribution in [3.63, 3.8) is 0 Å². The molecule has 3 saturated carbocycles. The molecule has 2 aromatic heterocycles. The van der Waals surface area contributed by atoms with Gasteiger partial charge in [0.05, 0.1) is 56.1 Å². The molecule has 5 heterocycles. The van der Waals surface area contributed by atoms with Gasteiger partial charge in [-0.3, -0.25) is 4.79 Å². The van der Waals surface area contributed by atoms with Gasteiger partial charge in [-0.05, 0) is 75.1 Å². The summed E-state index contributed by atoms with van der Waals surface area (Å²) in [6, 6.07) is 11.5. The van der Waals surface area contributed by atoms with Crippen LogP contribution in [0.15, 0.2) is 30.3 Å². The maximum absolute atomic E-state index is 17.2. The molecule has 260 valence electrons. The maximum atomic E-state index is 17.2. The number of nitriles is 1. The summed E-state index contributed by atoms with van der Waals surface area (Å²) in [5.74, 6) is -0.0326. The maximum Gasteiger partial charge on any atom is 0.226 e. The van der Waals surface area contributed by atoms with Crippen molar-refractivity contribution in [2.24, 2.45) is 11.8 Å². The predicted octanol–water partition coefficient (Wildman–Crippen LogP) is 7.85. The highest BCUT2D eigenvalue weighted by Gasteiger charge is 2.51. The smallest absolute Gasteiger partial charge is 0.226 e. The Balaban J connectivity index is 1.21. The van der Waals surface area contributed by atoms with E-state index in [4.69, 9.17) is 41.8 Å². The SMILES string of the molecule is [2H]C([2H])([2H])O[C@H]1CC[C@@H]1O[C@H]1C[C@H](c2cc3c(C)nc4c(F)c(-c5cccc(Cl)c5Cl)c(CCC#N)cc4c3n2[C@H]2[C@H]3CN[C@@H]2C3)N(C(=O)C2CC2)C1. The molecule has 0 unspecified atom stereocenters. The summed E-state index contributed by atoms with van der Waals surface area (Å²) in [7, 11) is -2.50. The van der Waals surface area contributed by atoms with Crippen LogP contribution in [0.2, 0.25) is 10.0 Å². The summed E-state index contributed by atoms with van der Waals surface area (Å²) in [6.45, 7) is 3.18. The molecule has 11 heteroatoms. The van der Waals surface area contributed by atoms with Crippen LogP contribution in [0.25, 0.3) is 32.9 Å². The highest BCUT2D eigenvalue weighted by atomic mass is 35.5. The van der Waals surface area contributed by atoms with E-state index in [1.807, 2.05) is 17.9 Å². The Morgan fingerprint density at radius 2 is 2.02 bits per heavy atom. The molecule has 2 aromatic carbocycles. The summed E-state index contributed by atoms with van der Waals surface area (Å²) < 4.78 is 54.2.